The Hall–Kier alpha value is -2.31. The van der Waals surface area contributed by atoms with Gasteiger partial charge >= 0.3 is 12.1 Å². The smallest absolute Gasteiger partial charge is 0.408 e. The summed E-state index contributed by atoms with van der Waals surface area (Å²) in [7, 11) is 3.73. The lowest BCUT2D eigenvalue weighted by Gasteiger charge is -2.22. The molecule has 1 atom stereocenters. The number of carbonyl (C=O) groups is 2. The van der Waals surface area contributed by atoms with Crippen molar-refractivity contribution in [2.75, 3.05) is 19.0 Å². The number of amides is 1. The van der Waals surface area contributed by atoms with Crippen LogP contribution in [-0.4, -0.2) is 47.9 Å². The molecule has 1 aromatic heterocycles. The number of carboxylic acid groups (broad SMARTS) is 1. The van der Waals surface area contributed by atoms with Crippen LogP contribution < -0.4 is 10.2 Å². The van der Waals surface area contributed by atoms with Gasteiger partial charge in [-0.25, -0.2) is 14.6 Å². The van der Waals surface area contributed by atoms with Crippen molar-refractivity contribution < 1.29 is 19.4 Å². The van der Waals surface area contributed by atoms with E-state index in [1.807, 2.05) is 19.0 Å². The van der Waals surface area contributed by atoms with Crippen LogP contribution in [0, 0.1) is 0 Å². The van der Waals surface area contributed by atoms with Crippen molar-refractivity contribution >= 4 is 17.9 Å². The van der Waals surface area contributed by atoms with E-state index in [2.05, 4.69) is 10.3 Å². The molecule has 122 valence electrons. The number of rotatable bonds is 5. The van der Waals surface area contributed by atoms with Crippen LogP contribution in [0.2, 0.25) is 0 Å². The first-order valence-corrected chi connectivity index (χ1v) is 6.93. The number of pyridine rings is 1. The highest BCUT2D eigenvalue weighted by Crippen LogP contribution is 2.11. The summed E-state index contributed by atoms with van der Waals surface area (Å²) >= 11 is 0. The van der Waals surface area contributed by atoms with Gasteiger partial charge in [0.25, 0.3) is 0 Å². The van der Waals surface area contributed by atoms with Gasteiger partial charge in [0.05, 0.1) is 0 Å². The summed E-state index contributed by atoms with van der Waals surface area (Å²) in [6.07, 6.45) is 0.981. The summed E-state index contributed by atoms with van der Waals surface area (Å²) < 4.78 is 5.07. The van der Waals surface area contributed by atoms with E-state index < -0.39 is 23.7 Å². The molecule has 1 heterocycles. The summed E-state index contributed by atoms with van der Waals surface area (Å²) in [5.41, 5.74) is 0.0382. The molecule has 1 rings (SSSR count). The third-order valence-corrected chi connectivity index (χ3v) is 2.70. The lowest BCUT2D eigenvalue weighted by atomic mass is 10.1. The summed E-state index contributed by atoms with van der Waals surface area (Å²) in [5, 5.41) is 11.6. The largest absolute Gasteiger partial charge is 0.480 e. The van der Waals surface area contributed by atoms with Crippen LogP contribution in [0.5, 0.6) is 0 Å². The van der Waals surface area contributed by atoms with Gasteiger partial charge in [-0.15, -0.1) is 0 Å². The van der Waals surface area contributed by atoms with Crippen molar-refractivity contribution in [2.24, 2.45) is 0 Å². The minimum atomic E-state index is -1.12. The van der Waals surface area contributed by atoms with Gasteiger partial charge in [0.1, 0.15) is 17.5 Å². The Kier molecular flexibility index (Phi) is 5.73. The number of alkyl carbamates (subject to hydrolysis) is 1. The van der Waals surface area contributed by atoms with Crippen molar-refractivity contribution in [3.63, 3.8) is 0 Å². The first-order valence-electron chi connectivity index (χ1n) is 6.93. The number of ether oxygens (including phenoxy) is 1. The highest BCUT2D eigenvalue weighted by molar-refractivity contribution is 5.80. The minimum absolute atomic E-state index is 0.134. The molecule has 22 heavy (non-hydrogen) atoms. The maximum absolute atomic E-state index is 11.7. The number of hydrogen-bond donors (Lipinski definition) is 2. The van der Waals surface area contributed by atoms with Crippen LogP contribution >= 0.6 is 0 Å². The molecule has 0 aliphatic heterocycles. The van der Waals surface area contributed by atoms with Crippen molar-refractivity contribution in [1.82, 2.24) is 10.3 Å². The topological polar surface area (TPSA) is 91.8 Å². The van der Waals surface area contributed by atoms with Gasteiger partial charge in [-0.3, -0.25) is 0 Å². The first kappa shape index (κ1) is 17.7. The number of nitrogens with one attached hydrogen (secondary N) is 1. The number of nitrogens with zero attached hydrogens (tertiary/aromatic N) is 2. The van der Waals surface area contributed by atoms with Crippen LogP contribution in [-0.2, 0) is 16.0 Å². The normalized spacial score (nSPS) is 12.4. The number of hydrogen-bond acceptors (Lipinski definition) is 5. The predicted molar refractivity (Wildman–Crippen MR) is 83.1 cm³/mol. The molecule has 1 unspecified atom stereocenters. The molecular formula is C15H23N3O4. The monoisotopic (exact) mass is 309 g/mol. The molecule has 0 saturated carbocycles. The Morgan fingerprint density at radius 1 is 1.36 bits per heavy atom. The fourth-order valence-electron chi connectivity index (χ4n) is 1.69. The second-order valence-electron chi connectivity index (χ2n) is 6.16. The minimum Gasteiger partial charge on any atom is -0.480 e. The van der Waals surface area contributed by atoms with Gasteiger partial charge in [0, 0.05) is 26.7 Å². The molecule has 1 amide bonds. The van der Waals surface area contributed by atoms with Crippen molar-refractivity contribution in [2.45, 2.75) is 38.8 Å². The third-order valence-electron chi connectivity index (χ3n) is 2.70. The fraction of sp³-hybridized carbons (Fsp3) is 0.533. The Labute approximate surface area is 130 Å². The molecule has 0 saturated heterocycles. The molecular weight excluding hydrogens is 286 g/mol. The van der Waals surface area contributed by atoms with Gasteiger partial charge in [-0.2, -0.15) is 0 Å². The van der Waals surface area contributed by atoms with Gasteiger partial charge in [0.2, 0.25) is 0 Å². The zero-order valence-electron chi connectivity index (χ0n) is 13.6. The summed E-state index contributed by atoms with van der Waals surface area (Å²) in [5.74, 6) is -0.349. The van der Waals surface area contributed by atoms with Crippen molar-refractivity contribution in [1.29, 1.82) is 0 Å². The number of carboxylic acids is 1. The molecule has 0 spiro atoms. The number of aliphatic carboxylic acids is 1. The van der Waals surface area contributed by atoms with Crippen LogP contribution in [0.15, 0.2) is 18.3 Å². The van der Waals surface area contributed by atoms with Gasteiger partial charge in [-0.05, 0) is 32.4 Å². The standard InChI is InChI=1S/C15H23N3O4/c1-15(2,3)22-14(21)17-11(13(19)20)8-10-6-7-12(16-9-10)18(4)5/h6-7,9,11H,8H2,1-5H3,(H,17,21)(H,19,20). The quantitative estimate of drug-likeness (QED) is 0.859. The molecule has 7 heteroatoms. The zero-order chi connectivity index (χ0) is 16.9. The molecule has 2 N–H and O–H groups in total. The Balaban J connectivity index is 2.72. The molecule has 0 aromatic carbocycles. The van der Waals surface area contributed by atoms with E-state index in [0.29, 0.717) is 5.56 Å². The van der Waals surface area contributed by atoms with Gasteiger partial charge in [-0.1, -0.05) is 6.07 Å². The lowest BCUT2D eigenvalue weighted by molar-refractivity contribution is -0.139. The van der Waals surface area contributed by atoms with Crippen LogP contribution in [0.3, 0.4) is 0 Å². The second-order valence-corrected chi connectivity index (χ2v) is 6.16. The van der Waals surface area contributed by atoms with E-state index >= 15 is 0 Å². The van der Waals surface area contributed by atoms with Gasteiger partial charge in [0.15, 0.2) is 0 Å². The maximum atomic E-state index is 11.7. The Morgan fingerprint density at radius 3 is 2.41 bits per heavy atom. The number of carbonyl (C=O) groups excluding carboxylic acids is 1. The van der Waals surface area contributed by atoms with Gasteiger partial charge < -0.3 is 20.1 Å². The number of anilines is 1. The van der Waals surface area contributed by atoms with Crippen LogP contribution in [0.1, 0.15) is 26.3 Å². The average Bonchev–Trinajstić information content (AvgIpc) is 2.36. The molecule has 1 aromatic rings. The van der Waals surface area contributed by atoms with E-state index in [9.17, 15) is 14.7 Å². The highest BCUT2D eigenvalue weighted by Gasteiger charge is 2.24. The summed E-state index contributed by atoms with van der Waals surface area (Å²) in [6, 6.07) is 2.51. The molecule has 0 fully saturated rings. The fourth-order valence-corrected chi connectivity index (χ4v) is 1.69. The summed E-state index contributed by atoms with van der Waals surface area (Å²) in [4.78, 5) is 29.0. The third kappa shape index (κ3) is 5.99. The van der Waals surface area contributed by atoms with Crippen LogP contribution in [0.4, 0.5) is 10.6 Å². The molecule has 7 nitrogen and oxygen atoms in total. The Morgan fingerprint density at radius 2 is 2.00 bits per heavy atom. The zero-order valence-corrected chi connectivity index (χ0v) is 13.6. The number of aromatic nitrogens is 1. The molecule has 0 aliphatic rings. The average molecular weight is 309 g/mol. The highest BCUT2D eigenvalue weighted by atomic mass is 16.6. The molecule has 0 radical (unpaired) electrons. The first-order chi connectivity index (χ1) is 10.1. The van der Waals surface area contributed by atoms with E-state index in [0.717, 1.165) is 5.82 Å². The molecule has 0 bridgehead atoms. The predicted octanol–water partition coefficient (Wildman–Crippen LogP) is 1.67. The SMILES string of the molecule is CN(C)c1ccc(CC(NC(=O)OC(C)(C)C)C(=O)O)cn1. The second kappa shape index (κ2) is 7.11. The molecule has 0 aliphatic carbocycles. The van der Waals surface area contributed by atoms with E-state index in [4.69, 9.17) is 4.74 Å². The maximum Gasteiger partial charge on any atom is 0.408 e. The van der Waals surface area contributed by atoms with E-state index in [-0.39, 0.29) is 6.42 Å². The van der Waals surface area contributed by atoms with Crippen molar-refractivity contribution in [3.05, 3.63) is 23.9 Å². The van der Waals surface area contributed by atoms with E-state index in [1.54, 1.807) is 39.1 Å². The van der Waals surface area contributed by atoms with E-state index in [1.165, 1.54) is 0 Å². The van der Waals surface area contributed by atoms with Crippen LogP contribution in [0.25, 0.3) is 0 Å². The Bertz CT molecular complexity index is 521. The lowest BCUT2D eigenvalue weighted by Crippen LogP contribution is -2.44. The summed E-state index contributed by atoms with van der Waals surface area (Å²) in [6.45, 7) is 5.14. The van der Waals surface area contributed by atoms with Crippen molar-refractivity contribution in [3.8, 4) is 0 Å².